The van der Waals surface area contributed by atoms with Crippen LogP contribution in [0.4, 0.5) is 0 Å². The number of nitrogens with one attached hydrogen (secondary N) is 1. The molecule has 3 fully saturated rings. The number of aromatic nitrogens is 1. The largest absolute Gasteiger partial charge is 0.364 e. The average Bonchev–Trinajstić information content (AvgIpc) is 3.04. The van der Waals surface area contributed by atoms with Gasteiger partial charge >= 0.3 is 0 Å². The summed E-state index contributed by atoms with van der Waals surface area (Å²) < 4.78 is 31.1. The molecule has 1 aromatic rings. The summed E-state index contributed by atoms with van der Waals surface area (Å²) in [6.07, 6.45) is 4.52. The van der Waals surface area contributed by atoms with E-state index in [2.05, 4.69) is 10.5 Å². The Morgan fingerprint density at radius 2 is 1.96 bits per heavy atom. The van der Waals surface area contributed by atoms with Gasteiger partial charge in [0.1, 0.15) is 12.0 Å². The summed E-state index contributed by atoms with van der Waals surface area (Å²) in [6, 6.07) is 1.56. The molecule has 0 bridgehead atoms. The van der Waals surface area contributed by atoms with Crippen LogP contribution < -0.4 is 5.32 Å². The summed E-state index contributed by atoms with van der Waals surface area (Å²) in [5.74, 6) is 0.208. The van der Waals surface area contributed by atoms with Gasteiger partial charge in [-0.15, -0.1) is 12.4 Å². The zero-order chi connectivity index (χ0) is 17.5. The van der Waals surface area contributed by atoms with Gasteiger partial charge in [-0.2, -0.15) is 4.31 Å². The van der Waals surface area contributed by atoms with E-state index in [9.17, 15) is 13.2 Å². The van der Waals surface area contributed by atoms with Gasteiger partial charge in [-0.1, -0.05) is 5.16 Å². The van der Waals surface area contributed by atoms with E-state index in [1.165, 1.54) is 10.6 Å². The lowest BCUT2D eigenvalue weighted by molar-refractivity contribution is -0.134. The van der Waals surface area contributed by atoms with Gasteiger partial charge < -0.3 is 14.7 Å². The molecule has 3 aliphatic rings. The molecule has 1 atom stereocenters. The maximum atomic E-state index is 12.8. The van der Waals surface area contributed by atoms with E-state index in [1.54, 1.807) is 6.07 Å². The van der Waals surface area contributed by atoms with E-state index in [1.807, 2.05) is 4.90 Å². The van der Waals surface area contributed by atoms with E-state index in [4.69, 9.17) is 4.52 Å². The molecule has 4 rings (SSSR count). The summed E-state index contributed by atoms with van der Waals surface area (Å²) in [5.41, 5.74) is 0.628. The van der Waals surface area contributed by atoms with Gasteiger partial charge in [0.2, 0.25) is 15.9 Å². The van der Waals surface area contributed by atoms with Crippen LogP contribution in [0.5, 0.6) is 0 Å². The highest BCUT2D eigenvalue weighted by molar-refractivity contribution is 7.88. The van der Waals surface area contributed by atoms with E-state index < -0.39 is 10.0 Å². The number of nitrogens with zero attached hydrogens (tertiary/aromatic N) is 3. The topological polar surface area (TPSA) is 95.8 Å². The number of hydrogen-bond donors (Lipinski definition) is 1. The van der Waals surface area contributed by atoms with Gasteiger partial charge in [0, 0.05) is 38.2 Å². The van der Waals surface area contributed by atoms with Gasteiger partial charge in [0.15, 0.2) is 0 Å². The monoisotopic (exact) mass is 404 g/mol. The van der Waals surface area contributed by atoms with Gasteiger partial charge in [0.25, 0.3) is 0 Å². The minimum Gasteiger partial charge on any atom is -0.364 e. The Morgan fingerprint density at radius 3 is 2.58 bits per heavy atom. The number of halogens is 1. The summed E-state index contributed by atoms with van der Waals surface area (Å²) in [6.45, 7) is 3.65. The smallest absolute Gasteiger partial charge is 0.226 e. The minimum absolute atomic E-state index is 0. The minimum atomic E-state index is -3.42. The third-order valence-electron chi connectivity index (χ3n) is 5.85. The van der Waals surface area contributed by atoms with Crippen molar-refractivity contribution >= 4 is 28.3 Å². The van der Waals surface area contributed by atoms with Crippen LogP contribution in [0.2, 0.25) is 0 Å². The molecule has 8 nitrogen and oxygen atoms in total. The summed E-state index contributed by atoms with van der Waals surface area (Å²) in [5, 5.41) is 7.02. The van der Waals surface area contributed by atoms with Crippen LogP contribution in [0.3, 0.4) is 0 Å². The number of hydrogen-bond acceptors (Lipinski definition) is 6. The van der Waals surface area contributed by atoms with Crippen LogP contribution >= 0.6 is 12.4 Å². The number of piperazine rings is 1. The standard InChI is InChI=1S/C16H24N4O4S.ClH/c21-15(14-11-16(14)2-4-17-5-3-16)19-6-8-20(9-7-19)25(22,23)12-13-1-10-24-18-13;/h1,10,14,17H,2-9,11-12H2;1H. The molecule has 10 heteroatoms. The molecule has 26 heavy (non-hydrogen) atoms. The van der Waals surface area contributed by atoms with Gasteiger partial charge in [-0.05, 0) is 37.8 Å². The highest BCUT2D eigenvalue weighted by atomic mass is 35.5. The Morgan fingerprint density at radius 1 is 1.27 bits per heavy atom. The first-order valence-electron chi connectivity index (χ1n) is 8.87. The lowest BCUT2D eigenvalue weighted by atomic mass is 9.91. The van der Waals surface area contributed by atoms with E-state index >= 15 is 0 Å². The first-order valence-corrected chi connectivity index (χ1v) is 10.5. The predicted octanol–water partition coefficient (Wildman–Crippen LogP) is 0.460. The van der Waals surface area contributed by atoms with Crippen molar-refractivity contribution in [2.45, 2.75) is 25.0 Å². The second-order valence-corrected chi connectivity index (χ2v) is 9.31. The quantitative estimate of drug-likeness (QED) is 0.783. The lowest BCUT2D eigenvalue weighted by Crippen LogP contribution is -2.51. The Hall–Kier alpha value is -1.16. The summed E-state index contributed by atoms with van der Waals surface area (Å²) in [4.78, 5) is 14.6. The van der Waals surface area contributed by atoms with Crippen molar-refractivity contribution < 1.29 is 17.7 Å². The Kier molecular flexibility index (Phi) is 5.62. The first kappa shape index (κ1) is 19.6. The molecule has 1 unspecified atom stereocenters. The molecule has 1 saturated carbocycles. The van der Waals surface area contributed by atoms with Crippen molar-refractivity contribution in [1.82, 2.24) is 19.7 Å². The molecule has 1 spiro atoms. The molecular formula is C16H25ClN4O4S. The molecule has 0 aromatic carbocycles. The normalized spacial score (nSPS) is 25.7. The van der Waals surface area contributed by atoms with Crippen LogP contribution in [-0.4, -0.2) is 68.0 Å². The molecule has 1 aliphatic carbocycles. The number of carbonyl (C=O) groups excluding carboxylic acids is 1. The summed E-state index contributed by atoms with van der Waals surface area (Å²) in [7, 11) is -3.42. The van der Waals surface area contributed by atoms with Crippen molar-refractivity contribution in [2.75, 3.05) is 39.3 Å². The van der Waals surface area contributed by atoms with Crippen LogP contribution in [0.25, 0.3) is 0 Å². The number of rotatable bonds is 4. The SMILES string of the molecule is Cl.O=C(C1CC12CCNCC2)N1CCN(S(=O)(=O)Cc2ccon2)CC1. The Bertz CT molecular complexity index is 725. The van der Waals surface area contributed by atoms with Crippen molar-refractivity contribution in [2.24, 2.45) is 11.3 Å². The number of piperidine rings is 1. The fraction of sp³-hybridized carbons (Fsp3) is 0.750. The second-order valence-electron chi connectivity index (χ2n) is 7.34. The maximum Gasteiger partial charge on any atom is 0.226 e. The molecule has 0 radical (unpaired) electrons. The molecule has 2 aliphatic heterocycles. The molecule has 1 aromatic heterocycles. The zero-order valence-electron chi connectivity index (χ0n) is 14.6. The number of amides is 1. The maximum absolute atomic E-state index is 12.8. The van der Waals surface area contributed by atoms with E-state index in [0.29, 0.717) is 31.9 Å². The van der Waals surface area contributed by atoms with Crippen LogP contribution in [0, 0.1) is 11.3 Å². The first-order chi connectivity index (χ1) is 12.0. The molecular weight excluding hydrogens is 380 g/mol. The summed E-state index contributed by atoms with van der Waals surface area (Å²) >= 11 is 0. The second kappa shape index (κ2) is 7.46. The van der Waals surface area contributed by atoms with Gasteiger partial charge in [-0.3, -0.25) is 4.79 Å². The molecule has 2 saturated heterocycles. The number of sulfonamides is 1. The van der Waals surface area contributed by atoms with E-state index in [0.717, 1.165) is 32.4 Å². The Labute approximate surface area is 159 Å². The lowest BCUT2D eigenvalue weighted by Gasteiger charge is -2.34. The molecule has 146 valence electrons. The zero-order valence-corrected chi connectivity index (χ0v) is 16.2. The van der Waals surface area contributed by atoms with Crippen molar-refractivity contribution in [3.05, 3.63) is 18.0 Å². The van der Waals surface area contributed by atoms with Crippen molar-refractivity contribution in [1.29, 1.82) is 0 Å². The molecule has 3 heterocycles. The van der Waals surface area contributed by atoms with Crippen LogP contribution in [0.15, 0.2) is 16.9 Å². The fourth-order valence-corrected chi connectivity index (χ4v) is 5.60. The third kappa shape index (κ3) is 3.76. The molecule has 1 N–H and O–H groups in total. The third-order valence-corrected chi connectivity index (χ3v) is 7.66. The average molecular weight is 405 g/mol. The van der Waals surface area contributed by atoms with Crippen LogP contribution in [-0.2, 0) is 20.6 Å². The number of carbonyl (C=O) groups is 1. The highest BCUT2D eigenvalue weighted by Gasteiger charge is 2.58. The Balaban J connectivity index is 0.00000196. The fourth-order valence-electron chi connectivity index (χ4n) is 4.17. The molecule has 1 amide bonds. The van der Waals surface area contributed by atoms with Crippen molar-refractivity contribution in [3.63, 3.8) is 0 Å². The van der Waals surface area contributed by atoms with Crippen molar-refractivity contribution in [3.8, 4) is 0 Å². The van der Waals surface area contributed by atoms with Gasteiger partial charge in [0.05, 0.1) is 5.69 Å². The van der Waals surface area contributed by atoms with Gasteiger partial charge in [-0.25, -0.2) is 8.42 Å². The highest BCUT2D eigenvalue weighted by Crippen LogP contribution is 2.59. The predicted molar refractivity (Wildman–Crippen MR) is 97.2 cm³/mol. The van der Waals surface area contributed by atoms with E-state index in [-0.39, 0.29) is 35.4 Å². The van der Waals surface area contributed by atoms with Crippen LogP contribution in [0.1, 0.15) is 25.0 Å².